The third-order valence-corrected chi connectivity index (χ3v) is 2.52. The van der Waals surface area contributed by atoms with E-state index >= 15 is 0 Å². The average Bonchev–Trinajstić information content (AvgIpc) is 2.29. The summed E-state index contributed by atoms with van der Waals surface area (Å²) in [6.07, 6.45) is 3.53. The number of nitrogens with one attached hydrogen (secondary N) is 1. The summed E-state index contributed by atoms with van der Waals surface area (Å²) in [7, 11) is 1.84. The van der Waals surface area contributed by atoms with Crippen LogP contribution in [-0.4, -0.2) is 17.0 Å². The molecule has 0 saturated carbocycles. The molecule has 1 aromatic carbocycles. The van der Waals surface area contributed by atoms with E-state index in [1.165, 1.54) is 0 Å². The number of anilines is 1. The zero-order valence-corrected chi connectivity index (χ0v) is 9.82. The van der Waals surface area contributed by atoms with E-state index in [1.807, 2.05) is 31.3 Å². The fourth-order valence-electron chi connectivity index (χ4n) is 1.23. The fraction of sp³-hybridized carbons (Fsp3) is 0.0909. The minimum Gasteiger partial charge on any atom is -0.386 e. The van der Waals surface area contributed by atoms with Gasteiger partial charge in [0.15, 0.2) is 5.82 Å². The van der Waals surface area contributed by atoms with Gasteiger partial charge in [-0.3, -0.25) is 0 Å². The standard InChI is InChI=1S/C11H10BrN3/c1-13-10-6-14-11(15-7-10)8-3-2-4-9(12)5-8/h2-7,13H,1H3. The van der Waals surface area contributed by atoms with Crippen molar-refractivity contribution < 1.29 is 0 Å². The SMILES string of the molecule is CNc1cnc(-c2cccc(Br)c2)nc1. The van der Waals surface area contributed by atoms with Crippen LogP contribution in [-0.2, 0) is 0 Å². The number of halogens is 1. The minimum absolute atomic E-state index is 0.732. The van der Waals surface area contributed by atoms with Crippen LogP contribution in [0, 0.1) is 0 Å². The molecule has 1 heterocycles. The van der Waals surface area contributed by atoms with Gasteiger partial charge in [0.05, 0.1) is 18.1 Å². The maximum atomic E-state index is 4.27. The number of hydrogen-bond acceptors (Lipinski definition) is 3. The Hall–Kier alpha value is -1.42. The smallest absolute Gasteiger partial charge is 0.159 e. The number of nitrogens with zero attached hydrogens (tertiary/aromatic N) is 2. The van der Waals surface area contributed by atoms with Gasteiger partial charge < -0.3 is 5.32 Å². The number of benzene rings is 1. The molecule has 0 unspecified atom stereocenters. The summed E-state index contributed by atoms with van der Waals surface area (Å²) in [5, 5.41) is 2.98. The van der Waals surface area contributed by atoms with Crippen molar-refractivity contribution in [3.63, 3.8) is 0 Å². The molecule has 0 bridgehead atoms. The van der Waals surface area contributed by atoms with Gasteiger partial charge in [0.1, 0.15) is 0 Å². The predicted octanol–water partition coefficient (Wildman–Crippen LogP) is 2.95. The van der Waals surface area contributed by atoms with Crippen molar-refractivity contribution in [2.45, 2.75) is 0 Å². The van der Waals surface area contributed by atoms with Crippen molar-refractivity contribution in [3.8, 4) is 11.4 Å². The molecule has 0 spiro atoms. The van der Waals surface area contributed by atoms with Crippen LogP contribution < -0.4 is 5.32 Å². The summed E-state index contributed by atoms with van der Waals surface area (Å²) in [5.41, 5.74) is 1.92. The average molecular weight is 264 g/mol. The Kier molecular flexibility index (Phi) is 2.97. The van der Waals surface area contributed by atoms with Gasteiger partial charge in [-0.15, -0.1) is 0 Å². The van der Waals surface area contributed by atoms with Gasteiger partial charge in [0, 0.05) is 17.1 Å². The molecule has 0 aliphatic carbocycles. The summed E-state index contributed by atoms with van der Waals surface area (Å²) in [5.74, 6) is 0.732. The zero-order valence-electron chi connectivity index (χ0n) is 8.24. The summed E-state index contributed by atoms with van der Waals surface area (Å²) in [6.45, 7) is 0. The molecule has 2 rings (SSSR count). The van der Waals surface area contributed by atoms with Crippen LogP contribution in [0.5, 0.6) is 0 Å². The van der Waals surface area contributed by atoms with Crippen molar-refractivity contribution in [3.05, 3.63) is 41.1 Å². The van der Waals surface area contributed by atoms with E-state index in [0.717, 1.165) is 21.5 Å². The molecular weight excluding hydrogens is 254 g/mol. The van der Waals surface area contributed by atoms with E-state index in [2.05, 4.69) is 31.2 Å². The Bertz CT molecular complexity index is 454. The van der Waals surface area contributed by atoms with Crippen LogP contribution in [0.25, 0.3) is 11.4 Å². The zero-order chi connectivity index (χ0) is 10.7. The second-order valence-electron chi connectivity index (χ2n) is 3.06. The van der Waals surface area contributed by atoms with Crippen LogP contribution >= 0.6 is 15.9 Å². The highest BCUT2D eigenvalue weighted by Gasteiger charge is 2.00. The molecule has 0 saturated heterocycles. The van der Waals surface area contributed by atoms with Gasteiger partial charge in [-0.05, 0) is 12.1 Å². The van der Waals surface area contributed by atoms with Gasteiger partial charge in [-0.1, -0.05) is 28.1 Å². The number of rotatable bonds is 2. The van der Waals surface area contributed by atoms with Crippen molar-refractivity contribution in [2.75, 3.05) is 12.4 Å². The number of aromatic nitrogens is 2. The van der Waals surface area contributed by atoms with Crippen LogP contribution in [0.15, 0.2) is 41.1 Å². The highest BCUT2D eigenvalue weighted by atomic mass is 79.9. The molecule has 3 nitrogen and oxygen atoms in total. The van der Waals surface area contributed by atoms with E-state index in [1.54, 1.807) is 12.4 Å². The quantitative estimate of drug-likeness (QED) is 0.906. The third kappa shape index (κ3) is 2.33. The highest BCUT2D eigenvalue weighted by molar-refractivity contribution is 9.10. The summed E-state index contributed by atoms with van der Waals surface area (Å²) < 4.78 is 1.03. The lowest BCUT2D eigenvalue weighted by Crippen LogP contribution is -1.93. The molecule has 4 heteroatoms. The van der Waals surface area contributed by atoms with E-state index in [4.69, 9.17) is 0 Å². The topological polar surface area (TPSA) is 37.8 Å². The van der Waals surface area contributed by atoms with Crippen molar-refractivity contribution in [1.82, 2.24) is 9.97 Å². The lowest BCUT2D eigenvalue weighted by molar-refractivity contribution is 1.17. The van der Waals surface area contributed by atoms with Crippen molar-refractivity contribution in [2.24, 2.45) is 0 Å². The molecule has 2 aromatic rings. The molecule has 0 fully saturated rings. The maximum Gasteiger partial charge on any atom is 0.159 e. The van der Waals surface area contributed by atoms with Gasteiger partial charge in [-0.2, -0.15) is 0 Å². The van der Waals surface area contributed by atoms with Crippen LogP contribution in [0.4, 0.5) is 5.69 Å². The lowest BCUT2D eigenvalue weighted by atomic mass is 10.2. The molecule has 15 heavy (non-hydrogen) atoms. The van der Waals surface area contributed by atoms with E-state index < -0.39 is 0 Å². The molecular formula is C11H10BrN3. The molecule has 0 radical (unpaired) electrons. The number of hydrogen-bond donors (Lipinski definition) is 1. The normalized spacial score (nSPS) is 10.0. The Morgan fingerprint density at radius 1 is 1.20 bits per heavy atom. The summed E-state index contributed by atoms with van der Waals surface area (Å²) in [4.78, 5) is 8.53. The molecule has 76 valence electrons. The summed E-state index contributed by atoms with van der Waals surface area (Å²) >= 11 is 3.42. The maximum absolute atomic E-state index is 4.27. The Morgan fingerprint density at radius 2 is 1.93 bits per heavy atom. The van der Waals surface area contributed by atoms with E-state index in [0.29, 0.717) is 0 Å². The van der Waals surface area contributed by atoms with E-state index in [-0.39, 0.29) is 0 Å². The molecule has 1 aromatic heterocycles. The van der Waals surface area contributed by atoms with Gasteiger partial charge in [-0.25, -0.2) is 9.97 Å². The Labute approximate surface area is 96.7 Å². The molecule has 0 atom stereocenters. The van der Waals surface area contributed by atoms with Gasteiger partial charge in [0.25, 0.3) is 0 Å². The van der Waals surface area contributed by atoms with Crippen LogP contribution in [0.3, 0.4) is 0 Å². The third-order valence-electron chi connectivity index (χ3n) is 2.02. The van der Waals surface area contributed by atoms with Gasteiger partial charge >= 0.3 is 0 Å². The monoisotopic (exact) mass is 263 g/mol. The predicted molar refractivity (Wildman–Crippen MR) is 64.7 cm³/mol. The van der Waals surface area contributed by atoms with Crippen molar-refractivity contribution in [1.29, 1.82) is 0 Å². The van der Waals surface area contributed by atoms with Gasteiger partial charge in [0.2, 0.25) is 0 Å². The first-order valence-electron chi connectivity index (χ1n) is 4.55. The van der Waals surface area contributed by atoms with Crippen molar-refractivity contribution >= 4 is 21.6 Å². The molecule has 0 aliphatic heterocycles. The summed E-state index contributed by atoms with van der Waals surface area (Å²) in [6, 6.07) is 7.92. The first-order chi connectivity index (χ1) is 7.29. The highest BCUT2D eigenvalue weighted by Crippen LogP contribution is 2.19. The lowest BCUT2D eigenvalue weighted by Gasteiger charge is -2.02. The first-order valence-corrected chi connectivity index (χ1v) is 5.34. The second-order valence-corrected chi connectivity index (χ2v) is 3.97. The molecule has 1 N–H and O–H groups in total. The van der Waals surface area contributed by atoms with E-state index in [9.17, 15) is 0 Å². The Balaban J connectivity index is 2.37. The minimum atomic E-state index is 0.732. The van der Waals surface area contributed by atoms with Crippen LogP contribution in [0.1, 0.15) is 0 Å². The fourth-order valence-corrected chi connectivity index (χ4v) is 1.63. The second kappa shape index (κ2) is 4.40. The van der Waals surface area contributed by atoms with Crippen LogP contribution in [0.2, 0.25) is 0 Å². The largest absolute Gasteiger partial charge is 0.386 e. The Morgan fingerprint density at radius 3 is 2.53 bits per heavy atom. The first kappa shape index (κ1) is 10.1. The molecule has 0 aliphatic rings. The molecule has 0 amide bonds.